The Kier molecular flexibility index (Phi) is 8.35. The number of fused-ring (bicyclic) bond motifs is 1. The molecule has 2 aromatic heterocycles. The third kappa shape index (κ3) is 6.22. The number of nitrogens with zero attached hydrogens (tertiary/aromatic N) is 2. The third-order valence-corrected chi connectivity index (χ3v) is 8.54. The summed E-state index contributed by atoms with van der Waals surface area (Å²) in [4.78, 5) is 12.1. The van der Waals surface area contributed by atoms with Crippen LogP contribution >= 0.6 is 22.9 Å². The second-order valence-electron chi connectivity index (χ2n) is 8.12. The van der Waals surface area contributed by atoms with Crippen LogP contribution in [0.5, 0.6) is 5.75 Å². The molecule has 0 aliphatic heterocycles. The highest BCUT2D eigenvalue weighted by Gasteiger charge is 2.23. The van der Waals surface area contributed by atoms with E-state index in [0.29, 0.717) is 34.1 Å². The fraction of sp³-hybridized carbons (Fsp3) is 0.250. The first-order chi connectivity index (χ1) is 17.7. The van der Waals surface area contributed by atoms with Crippen molar-refractivity contribution < 1.29 is 22.7 Å². The predicted molar refractivity (Wildman–Crippen MR) is 144 cm³/mol. The highest BCUT2D eigenvalue weighted by molar-refractivity contribution is 7.94. The molecule has 10 nitrogen and oxygen atoms in total. The molecule has 0 aliphatic rings. The Balaban J connectivity index is 1.61. The van der Waals surface area contributed by atoms with E-state index in [1.165, 1.54) is 26.4 Å². The molecule has 0 aliphatic carbocycles. The Bertz CT molecular complexity index is 1520. The minimum absolute atomic E-state index is 0.0788. The molecule has 4 aromatic rings. The normalized spacial score (nSPS) is 12.4. The monoisotopic (exact) mass is 563 g/mol. The van der Waals surface area contributed by atoms with E-state index in [-0.39, 0.29) is 22.5 Å². The summed E-state index contributed by atoms with van der Waals surface area (Å²) in [6, 6.07) is 15.2. The van der Waals surface area contributed by atoms with Crippen LogP contribution in [0.3, 0.4) is 0 Å². The van der Waals surface area contributed by atoms with Crippen molar-refractivity contribution in [2.24, 2.45) is 5.73 Å². The van der Waals surface area contributed by atoms with Gasteiger partial charge < -0.3 is 20.5 Å². The van der Waals surface area contributed by atoms with E-state index in [4.69, 9.17) is 26.8 Å². The van der Waals surface area contributed by atoms with Crippen LogP contribution in [-0.4, -0.2) is 51.0 Å². The van der Waals surface area contributed by atoms with Gasteiger partial charge in [-0.2, -0.15) is 5.10 Å². The smallest absolute Gasteiger partial charge is 0.272 e. The molecule has 2 aromatic carbocycles. The quantitative estimate of drug-likeness (QED) is 0.255. The number of ether oxygens (including phenoxy) is 2. The summed E-state index contributed by atoms with van der Waals surface area (Å²) >= 11 is 6.90. The van der Waals surface area contributed by atoms with Gasteiger partial charge in [-0.05, 0) is 35.4 Å². The standard InChI is InChI=1S/C24H26ClN5O5S2/c1-34-14-17(26)24(31)27-12-15-5-3-6-16(11-15)13-30-18-7-4-8-19(35-2)22(18)23(28-30)29-37(32,33)21-10-9-20(25)36-21/h3-11,17H,12-14,26H2,1-2H3,(H,27,31)(H,28,29)/t17-/m0/s1. The molecule has 4 N–H and O–H groups in total. The summed E-state index contributed by atoms with van der Waals surface area (Å²) in [5.41, 5.74) is 8.23. The Morgan fingerprint density at radius 3 is 2.62 bits per heavy atom. The first-order valence-electron chi connectivity index (χ1n) is 11.1. The number of methoxy groups -OCH3 is 2. The molecule has 1 amide bonds. The third-order valence-electron chi connectivity index (χ3n) is 5.48. The summed E-state index contributed by atoms with van der Waals surface area (Å²) < 4.78 is 41.1. The van der Waals surface area contributed by atoms with Crippen LogP contribution in [0, 0.1) is 0 Å². The van der Waals surface area contributed by atoms with Gasteiger partial charge in [-0.3, -0.25) is 14.2 Å². The summed E-state index contributed by atoms with van der Waals surface area (Å²) in [6.45, 7) is 0.778. The summed E-state index contributed by atoms with van der Waals surface area (Å²) in [6.07, 6.45) is 0. The van der Waals surface area contributed by atoms with Gasteiger partial charge in [0, 0.05) is 13.7 Å². The number of carbonyl (C=O) groups is 1. The van der Waals surface area contributed by atoms with Crippen LogP contribution in [0.15, 0.2) is 58.8 Å². The minimum Gasteiger partial charge on any atom is -0.496 e. The fourth-order valence-corrected chi connectivity index (χ4v) is 6.26. The molecule has 0 radical (unpaired) electrons. The van der Waals surface area contributed by atoms with Crippen molar-refractivity contribution in [1.82, 2.24) is 15.1 Å². The number of hydrogen-bond donors (Lipinski definition) is 3. The highest BCUT2D eigenvalue weighted by Crippen LogP contribution is 2.35. The average molecular weight is 564 g/mol. The molecule has 1 atom stereocenters. The number of carbonyl (C=O) groups excluding carboxylic acids is 1. The summed E-state index contributed by atoms with van der Waals surface area (Å²) in [5.74, 6) is 0.323. The van der Waals surface area contributed by atoms with Crippen molar-refractivity contribution in [3.8, 4) is 5.75 Å². The number of thiophene rings is 1. The molecular formula is C24H26ClN5O5S2. The number of amides is 1. The van der Waals surface area contributed by atoms with Crippen LogP contribution in [0.4, 0.5) is 5.82 Å². The van der Waals surface area contributed by atoms with E-state index in [1.54, 1.807) is 10.7 Å². The zero-order valence-corrected chi connectivity index (χ0v) is 22.5. The Morgan fingerprint density at radius 2 is 1.92 bits per heavy atom. The van der Waals surface area contributed by atoms with Gasteiger partial charge in [0.2, 0.25) is 5.91 Å². The van der Waals surface area contributed by atoms with Gasteiger partial charge in [0.15, 0.2) is 5.82 Å². The van der Waals surface area contributed by atoms with E-state index < -0.39 is 16.1 Å². The molecule has 0 saturated carbocycles. The Labute approximate surface area is 223 Å². The number of hydrogen-bond acceptors (Lipinski definition) is 8. The van der Waals surface area contributed by atoms with Gasteiger partial charge in [0.05, 0.1) is 35.5 Å². The zero-order valence-electron chi connectivity index (χ0n) is 20.1. The molecule has 196 valence electrons. The van der Waals surface area contributed by atoms with E-state index in [9.17, 15) is 13.2 Å². The van der Waals surface area contributed by atoms with Crippen molar-refractivity contribution in [1.29, 1.82) is 0 Å². The lowest BCUT2D eigenvalue weighted by molar-refractivity contribution is -0.123. The van der Waals surface area contributed by atoms with E-state index in [0.717, 1.165) is 22.5 Å². The van der Waals surface area contributed by atoms with Gasteiger partial charge in [-0.25, -0.2) is 8.42 Å². The Hall–Kier alpha value is -3.16. The highest BCUT2D eigenvalue weighted by atomic mass is 35.5. The maximum Gasteiger partial charge on any atom is 0.272 e. The number of rotatable bonds is 11. The topological polar surface area (TPSA) is 138 Å². The molecule has 0 saturated heterocycles. The van der Waals surface area contributed by atoms with Crippen molar-refractivity contribution in [2.75, 3.05) is 25.5 Å². The molecule has 13 heteroatoms. The van der Waals surface area contributed by atoms with Gasteiger partial charge >= 0.3 is 0 Å². The largest absolute Gasteiger partial charge is 0.496 e. The Morgan fingerprint density at radius 1 is 1.16 bits per heavy atom. The van der Waals surface area contributed by atoms with Crippen molar-refractivity contribution in [2.45, 2.75) is 23.3 Å². The molecule has 0 bridgehead atoms. The lowest BCUT2D eigenvalue weighted by atomic mass is 10.1. The van der Waals surface area contributed by atoms with Gasteiger partial charge in [0.1, 0.15) is 16.0 Å². The van der Waals surface area contributed by atoms with Crippen LogP contribution in [-0.2, 0) is 32.6 Å². The molecule has 0 fully saturated rings. The zero-order chi connectivity index (χ0) is 26.6. The maximum absolute atomic E-state index is 13.0. The molecule has 4 rings (SSSR count). The van der Waals surface area contributed by atoms with Crippen molar-refractivity contribution in [3.05, 3.63) is 70.1 Å². The van der Waals surface area contributed by atoms with Crippen LogP contribution in [0.25, 0.3) is 10.9 Å². The molecule has 0 spiro atoms. The first-order valence-corrected chi connectivity index (χ1v) is 13.8. The maximum atomic E-state index is 13.0. The summed E-state index contributed by atoms with van der Waals surface area (Å²) in [5, 5.41) is 7.91. The number of benzene rings is 2. The molecular weight excluding hydrogens is 538 g/mol. The molecule has 2 heterocycles. The van der Waals surface area contributed by atoms with Crippen LogP contribution < -0.4 is 20.5 Å². The van der Waals surface area contributed by atoms with Gasteiger partial charge in [-0.1, -0.05) is 41.9 Å². The lowest BCUT2D eigenvalue weighted by Crippen LogP contribution is -2.43. The second kappa shape index (κ2) is 11.5. The SMILES string of the molecule is COC[C@H](N)C(=O)NCc1cccc(Cn2nc(NS(=O)(=O)c3ccc(Cl)s3)c3c(OC)cccc32)c1. The van der Waals surface area contributed by atoms with Crippen molar-refractivity contribution in [3.63, 3.8) is 0 Å². The number of nitrogens with two attached hydrogens (primary N) is 1. The minimum atomic E-state index is -3.91. The second-order valence-corrected chi connectivity index (χ2v) is 11.7. The molecule has 37 heavy (non-hydrogen) atoms. The van der Waals surface area contributed by atoms with E-state index >= 15 is 0 Å². The van der Waals surface area contributed by atoms with Crippen LogP contribution in [0.1, 0.15) is 11.1 Å². The first kappa shape index (κ1) is 26.9. The number of halogens is 1. The average Bonchev–Trinajstić information content (AvgIpc) is 3.47. The van der Waals surface area contributed by atoms with Gasteiger partial charge in [-0.15, -0.1) is 11.3 Å². The van der Waals surface area contributed by atoms with Crippen LogP contribution in [0.2, 0.25) is 4.34 Å². The number of sulfonamides is 1. The van der Waals surface area contributed by atoms with Gasteiger partial charge in [0.25, 0.3) is 10.0 Å². The number of aromatic nitrogens is 2. The fourth-order valence-electron chi connectivity index (χ4n) is 3.77. The number of anilines is 1. The van der Waals surface area contributed by atoms with E-state index in [2.05, 4.69) is 15.1 Å². The summed E-state index contributed by atoms with van der Waals surface area (Å²) in [7, 11) is -0.910. The number of nitrogens with one attached hydrogen (secondary N) is 2. The predicted octanol–water partition coefficient (Wildman–Crippen LogP) is 3.20. The van der Waals surface area contributed by atoms with E-state index in [1.807, 2.05) is 36.4 Å². The van der Waals surface area contributed by atoms with Crippen molar-refractivity contribution >= 4 is 55.6 Å². The lowest BCUT2D eigenvalue weighted by Gasteiger charge is -2.12. The molecule has 0 unspecified atom stereocenters.